The van der Waals surface area contributed by atoms with E-state index in [4.69, 9.17) is 10.6 Å². The van der Waals surface area contributed by atoms with Crippen molar-refractivity contribution >= 4 is 11.9 Å². The summed E-state index contributed by atoms with van der Waals surface area (Å²) in [5.74, 6) is 5.12. The fraction of sp³-hybridized carbons (Fsp3) is 0.500. The predicted octanol–water partition coefficient (Wildman–Crippen LogP) is 0.891. The molecule has 88 valence electrons. The van der Waals surface area contributed by atoms with Gasteiger partial charge >= 0.3 is 5.97 Å². The van der Waals surface area contributed by atoms with E-state index in [2.05, 4.69) is 15.4 Å². The number of ether oxygens (including phenoxy) is 1. The van der Waals surface area contributed by atoms with Crippen molar-refractivity contribution in [2.75, 3.05) is 12.0 Å². The number of carbonyl (C=O) groups excluding carboxylic acids is 1. The lowest BCUT2D eigenvalue weighted by Crippen LogP contribution is -2.15. The third kappa shape index (κ3) is 2.90. The molecular weight excluding hydrogens is 208 g/mol. The molecule has 1 aromatic rings. The van der Waals surface area contributed by atoms with Crippen molar-refractivity contribution < 1.29 is 9.53 Å². The molecule has 0 aliphatic rings. The number of aryl methyl sites for hydroxylation is 1. The fourth-order valence-corrected chi connectivity index (χ4v) is 1.29. The Morgan fingerprint density at radius 3 is 2.88 bits per heavy atom. The summed E-state index contributed by atoms with van der Waals surface area (Å²) in [7, 11) is 0. The average Bonchev–Trinajstić information content (AvgIpc) is 2.29. The Bertz CT molecular complexity index is 368. The Morgan fingerprint density at radius 1 is 1.56 bits per heavy atom. The van der Waals surface area contributed by atoms with E-state index in [1.165, 1.54) is 6.20 Å². The predicted molar refractivity (Wildman–Crippen MR) is 59.8 cm³/mol. The van der Waals surface area contributed by atoms with Crippen LogP contribution in [0.2, 0.25) is 0 Å². The molecule has 0 fully saturated rings. The van der Waals surface area contributed by atoms with E-state index >= 15 is 0 Å². The highest BCUT2D eigenvalue weighted by Gasteiger charge is 2.14. The number of nitrogens with zero attached hydrogens (tertiary/aromatic N) is 2. The molecule has 1 aromatic heterocycles. The molecular formula is C10H16N4O2. The molecule has 16 heavy (non-hydrogen) atoms. The topological polar surface area (TPSA) is 90.1 Å². The zero-order chi connectivity index (χ0) is 12.0. The van der Waals surface area contributed by atoms with E-state index in [1.54, 1.807) is 6.92 Å². The summed E-state index contributed by atoms with van der Waals surface area (Å²) in [5.41, 5.74) is 3.41. The number of hydrogen-bond acceptors (Lipinski definition) is 6. The van der Waals surface area contributed by atoms with Crippen LogP contribution in [0.5, 0.6) is 0 Å². The molecule has 1 heterocycles. The lowest BCUT2D eigenvalue weighted by atomic mass is 10.1. The Hall–Kier alpha value is -1.69. The highest BCUT2D eigenvalue weighted by molar-refractivity contribution is 5.90. The number of anilines is 1. The number of hydrazine groups is 1. The van der Waals surface area contributed by atoms with Crippen LogP contribution in [-0.4, -0.2) is 22.5 Å². The number of nitrogens with two attached hydrogens (primary N) is 1. The molecule has 0 radical (unpaired) electrons. The van der Waals surface area contributed by atoms with Crippen LogP contribution in [-0.2, 0) is 11.2 Å². The van der Waals surface area contributed by atoms with Gasteiger partial charge in [-0.1, -0.05) is 13.3 Å². The Labute approximate surface area is 94.2 Å². The zero-order valence-corrected chi connectivity index (χ0v) is 9.49. The zero-order valence-electron chi connectivity index (χ0n) is 9.49. The lowest BCUT2D eigenvalue weighted by Gasteiger charge is -2.08. The van der Waals surface area contributed by atoms with Crippen LogP contribution in [0.4, 0.5) is 5.95 Å². The van der Waals surface area contributed by atoms with Gasteiger partial charge in [0.15, 0.2) is 0 Å². The number of aromatic nitrogens is 2. The van der Waals surface area contributed by atoms with Crippen LogP contribution >= 0.6 is 0 Å². The van der Waals surface area contributed by atoms with Gasteiger partial charge in [0.05, 0.1) is 17.9 Å². The lowest BCUT2D eigenvalue weighted by molar-refractivity contribution is 0.0524. The number of nitrogens with one attached hydrogen (secondary N) is 1. The molecule has 0 aromatic carbocycles. The number of carbonyl (C=O) groups is 1. The Kier molecular flexibility index (Phi) is 4.65. The summed E-state index contributed by atoms with van der Waals surface area (Å²) in [6.45, 7) is 4.10. The quantitative estimate of drug-likeness (QED) is 0.438. The molecule has 3 N–H and O–H groups in total. The van der Waals surface area contributed by atoms with Gasteiger partial charge in [-0.25, -0.2) is 20.6 Å². The summed E-state index contributed by atoms with van der Waals surface area (Å²) in [5, 5.41) is 0. The second-order valence-corrected chi connectivity index (χ2v) is 3.17. The van der Waals surface area contributed by atoms with Gasteiger partial charge in [0.2, 0.25) is 5.95 Å². The van der Waals surface area contributed by atoms with Gasteiger partial charge in [0, 0.05) is 6.20 Å². The minimum absolute atomic E-state index is 0.302. The van der Waals surface area contributed by atoms with E-state index in [0.717, 1.165) is 6.42 Å². The molecule has 6 heteroatoms. The summed E-state index contributed by atoms with van der Waals surface area (Å²) in [6, 6.07) is 0. The first-order chi connectivity index (χ1) is 7.72. The molecule has 1 rings (SSSR count). The largest absolute Gasteiger partial charge is 0.462 e. The molecule has 0 aliphatic heterocycles. The van der Waals surface area contributed by atoms with Crippen LogP contribution in [0.3, 0.4) is 0 Å². The van der Waals surface area contributed by atoms with Gasteiger partial charge in [-0.15, -0.1) is 0 Å². The van der Waals surface area contributed by atoms with Gasteiger partial charge in [-0.05, 0) is 13.3 Å². The molecule has 0 saturated carbocycles. The highest BCUT2D eigenvalue weighted by atomic mass is 16.5. The van der Waals surface area contributed by atoms with Crippen molar-refractivity contribution in [1.29, 1.82) is 0 Å². The Balaban J connectivity index is 3.01. The van der Waals surface area contributed by atoms with Crippen molar-refractivity contribution in [3.8, 4) is 0 Å². The standard InChI is InChI=1S/C10H16N4O2/c1-3-5-8-7(9(15)16-4-2)6-12-10(13-8)14-11/h6H,3-5,11H2,1-2H3,(H,12,13,14). The van der Waals surface area contributed by atoms with E-state index in [1.807, 2.05) is 6.92 Å². The highest BCUT2D eigenvalue weighted by Crippen LogP contribution is 2.11. The fourth-order valence-electron chi connectivity index (χ4n) is 1.29. The molecule has 0 saturated heterocycles. The van der Waals surface area contributed by atoms with Gasteiger partial charge in [0.1, 0.15) is 0 Å². The van der Waals surface area contributed by atoms with Crippen molar-refractivity contribution in [2.24, 2.45) is 5.84 Å². The van der Waals surface area contributed by atoms with Crippen molar-refractivity contribution in [3.63, 3.8) is 0 Å². The minimum Gasteiger partial charge on any atom is -0.462 e. The van der Waals surface area contributed by atoms with Gasteiger partial charge < -0.3 is 4.74 Å². The summed E-state index contributed by atoms with van der Waals surface area (Å²) in [6.07, 6.45) is 3.00. The monoisotopic (exact) mass is 224 g/mol. The van der Waals surface area contributed by atoms with Crippen LogP contribution in [0, 0.1) is 0 Å². The van der Waals surface area contributed by atoms with Crippen molar-refractivity contribution in [2.45, 2.75) is 26.7 Å². The minimum atomic E-state index is -0.394. The van der Waals surface area contributed by atoms with Gasteiger partial charge in [-0.2, -0.15) is 0 Å². The maximum absolute atomic E-state index is 11.6. The molecule has 6 nitrogen and oxygen atoms in total. The number of nitrogen functional groups attached to an aromatic ring is 1. The first kappa shape index (κ1) is 12.4. The third-order valence-corrected chi connectivity index (χ3v) is 1.98. The second kappa shape index (κ2) is 6.02. The maximum Gasteiger partial charge on any atom is 0.341 e. The molecule has 0 unspecified atom stereocenters. The van der Waals surface area contributed by atoms with Gasteiger partial charge in [0.25, 0.3) is 0 Å². The van der Waals surface area contributed by atoms with E-state index in [-0.39, 0.29) is 0 Å². The average molecular weight is 224 g/mol. The maximum atomic E-state index is 11.6. The van der Waals surface area contributed by atoms with Gasteiger partial charge in [-0.3, -0.25) is 5.43 Å². The number of rotatable bonds is 5. The summed E-state index contributed by atoms with van der Waals surface area (Å²) in [4.78, 5) is 19.6. The molecule has 0 spiro atoms. The number of esters is 1. The molecule has 0 atom stereocenters. The normalized spacial score (nSPS) is 9.94. The Morgan fingerprint density at radius 2 is 2.31 bits per heavy atom. The van der Waals surface area contributed by atoms with Crippen LogP contribution < -0.4 is 11.3 Å². The molecule has 0 aliphatic carbocycles. The van der Waals surface area contributed by atoms with E-state index < -0.39 is 5.97 Å². The van der Waals surface area contributed by atoms with Crippen LogP contribution in [0.1, 0.15) is 36.3 Å². The summed E-state index contributed by atoms with van der Waals surface area (Å²) >= 11 is 0. The van der Waals surface area contributed by atoms with Crippen LogP contribution in [0.15, 0.2) is 6.20 Å². The second-order valence-electron chi connectivity index (χ2n) is 3.17. The van der Waals surface area contributed by atoms with E-state index in [0.29, 0.717) is 30.2 Å². The SMILES string of the molecule is CCCc1nc(NN)ncc1C(=O)OCC. The third-order valence-electron chi connectivity index (χ3n) is 1.98. The first-order valence-corrected chi connectivity index (χ1v) is 5.22. The van der Waals surface area contributed by atoms with E-state index in [9.17, 15) is 4.79 Å². The smallest absolute Gasteiger partial charge is 0.341 e. The number of hydrogen-bond donors (Lipinski definition) is 2. The first-order valence-electron chi connectivity index (χ1n) is 5.22. The van der Waals surface area contributed by atoms with Crippen molar-refractivity contribution in [1.82, 2.24) is 9.97 Å². The molecule has 0 amide bonds. The van der Waals surface area contributed by atoms with Crippen molar-refractivity contribution in [3.05, 3.63) is 17.5 Å². The summed E-state index contributed by atoms with van der Waals surface area (Å²) < 4.78 is 4.92. The van der Waals surface area contributed by atoms with Crippen LogP contribution in [0.25, 0.3) is 0 Å². The molecule has 0 bridgehead atoms.